The molecule has 6 heteroatoms. The summed E-state index contributed by atoms with van der Waals surface area (Å²) in [6.45, 7) is 6.74. The van der Waals surface area contributed by atoms with Crippen LogP contribution in [-0.4, -0.2) is 62.1 Å². The minimum Gasteiger partial charge on any atom is -0.313 e. The Bertz CT molecular complexity index is 304. The lowest BCUT2D eigenvalue weighted by Crippen LogP contribution is -2.49. The average Bonchev–Trinajstić information content (AvgIpc) is 2.16. The molecule has 0 spiro atoms. The van der Waals surface area contributed by atoms with E-state index in [0.717, 1.165) is 25.4 Å². The van der Waals surface area contributed by atoms with Crippen LogP contribution in [0.15, 0.2) is 0 Å². The zero-order valence-corrected chi connectivity index (χ0v) is 11.9. The van der Waals surface area contributed by atoms with Gasteiger partial charge in [-0.1, -0.05) is 13.8 Å². The molecule has 0 aliphatic carbocycles. The van der Waals surface area contributed by atoms with Crippen LogP contribution >= 0.6 is 11.8 Å². The maximum Gasteiger partial charge on any atom is 0.164 e. The Morgan fingerprint density at radius 2 is 2.19 bits per heavy atom. The van der Waals surface area contributed by atoms with E-state index in [1.807, 2.05) is 0 Å². The second-order valence-electron chi connectivity index (χ2n) is 4.50. The van der Waals surface area contributed by atoms with Gasteiger partial charge in [0.15, 0.2) is 9.84 Å². The molecule has 1 aliphatic heterocycles. The van der Waals surface area contributed by atoms with Gasteiger partial charge in [0, 0.05) is 43.4 Å². The Labute approximate surface area is 103 Å². The summed E-state index contributed by atoms with van der Waals surface area (Å²) >= 11 is 1.73. The molecule has 0 aromatic rings. The molecule has 1 heterocycles. The molecule has 0 amide bonds. The number of hydrogen-bond donors (Lipinski definition) is 1. The molecule has 0 bridgehead atoms. The lowest BCUT2D eigenvalue weighted by Gasteiger charge is -2.34. The van der Waals surface area contributed by atoms with Crippen LogP contribution < -0.4 is 5.32 Å². The zero-order chi connectivity index (χ0) is 12.2. The van der Waals surface area contributed by atoms with Crippen molar-refractivity contribution in [3.8, 4) is 0 Å². The SMILES string of the molecule is CC(C)NCCN1CCSCC1S(C)(=O)=O. The second-order valence-corrected chi connectivity index (χ2v) is 7.86. The van der Waals surface area contributed by atoms with Crippen molar-refractivity contribution in [3.05, 3.63) is 0 Å². The molecule has 1 saturated heterocycles. The van der Waals surface area contributed by atoms with E-state index in [-0.39, 0.29) is 5.37 Å². The lowest BCUT2D eigenvalue weighted by molar-refractivity contribution is 0.267. The quantitative estimate of drug-likeness (QED) is 0.781. The Balaban J connectivity index is 2.48. The minimum absolute atomic E-state index is 0.291. The standard InChI is InChI=1S/C10H22N2O2S2/c1-9(2)11-4-5-12-6-7-15-8-10(12)16(3,13)14/h9-11H,4-8H2,1-3H3. The van der Waals surface area contributed by atoms with E-state index in [0.29, 0.717) is 11.8 Å². The van der Waals surface area contributed by atoms with Gasteiger partial charge < -0.3 is 5.32 Å². The topological polar surface area (TPSA) is 49.4 Å². The highest BCUT2D eigenvalue weighted by atomic mass is 32.2. The number of hydrogen-bond acceptors (Lipinski definition) is 5. The Kier molecular flexibility index (Phi) is 5.56. The van der Waals surface area contributed by atoms with Crippen LogP contribution in [0, 0.1) is 0 Å². The fourth-order valence-electron chi connectivity index (χ4n) is 1.76. The third-order valence-electron chi connectivity index (χ3n) is 2.64. The van der Waals surface area contributed by atoms with E-state index in [1.165, 1.54) is 6.26 Å². The molecule has 1 unspecified atom stereocenters. The Hall–Kier alpha value is 0.220. The van der Waals surface area contributed by atoms with Gasteiger partial charge in [0.05, 0.1) is 0 Å². The highest BCUT2D eigenvalue weighted by molar-refractivity contribution is 8.00. The third-order valence-corrected chi connectivity index (χ3v) is 5.32. The molecule has 1 aliphatic rings. The number of nitrogens with zero attached hydrogens (tertiary/aromatic N) is 1. The minimum atomic E-state index is -2.95. The first kappa shape index (κ1) is 14.3. The van der Waals surface area contributed by atoms with Crippen molar-refractivity contribution in [2.75, 3.05) is 37.4 Å². The monoisotopic (exact) mass is 266 g/mol. The predicted molar refractivity (Wildman–Crippen MR) is 70.7 cm³/mol. The Morgan fingerprint density at radius 3 is 2.75 bits per heavy atom. The van der Waals surface area contributed by atoms with E-state index in [9.17, 15) is 8.42 Å². The van der Waals surface area contributed by atoms with E-state index in [4.69, 9.17) is 0 Å². The average molecular weight is 266 g/mol. The maximum absolute atomic E-state index is 11.6. The van der Waals surface area contributed by atoms with Crippen LogP contribution in [0.5, 0.6) is 0 Å². The highest BCUT2D eigenvalue weighted by Crippen LogP contribution is 2.19. The normalized spacial score (nSPS) is 23.9. The number of thioether (sulfide) groups is 1. The van der Waals surface area contributed by atoms with Crippen molar-refractivity contribution in [1.82, 2.24) is 10.2 Å². The molecule has 1 fully saturated rings. The Morgan fingerprint density at radius 1 is 1.50 bits per heavy atom. The molecule has 0 aromatic heterocycles. The molecule has 0 aromatic carbocycles. The summed E-state index contributed by atoms with van der Waals surface area (Å²) < 4.78 is 23.2. The van der Waals surface area contributed by atoms with Gasteiger partial charge in [-0.2, -0.15) is 11.8 Å². The summed E-state index contributed by atoms with van der Waals surface area (Å²) in [5, 5.41) is 3.03. The first-order valence-corrected chi connectivity index (χ1v) is 8.76. The molecule has 1 N–H and O–H groups in total. The molecule has 1 atom stereocenters. The van der Waals surface area contributed by atoms with Crippen molar-refractivity contribution in [2.45, 2.75) is 25.3 Å². The summed E-state index contributed by atoms with van der Waals surface area (Å²) in [5.41, 5.74) is 0. The van der Waals surface area contributed by atoms with Crippen molar-refractivity contribution in [2.24, 2.45) is 0 Å². The summed E-state index contributed by atoms with van der Waals surface area (Å²) in [7, 11) is -2.95. The summed E-state index contributed by atoms with van der Waals surface area (Å²) in [4.78, 5) is 2.08. The molecule has 1 rings (SSSR count). The molecule has 96 valence electrons. The molecule has 16 heavy (non-hydrogen) atoms. The molecule has 0 saturated carbocycles. The molecular formula is C10H22N2O2S2. The highest BCUT2D eigenvalue weighted by Gasteiger charge is 2.30. The number of sulfone groups is 1. The van der Waals surface area contributed by atoms with Gasteiger partial charge in [0.25, 0.3) is 0 Å². The van der Waals surface area contributed by atoms with Crippen molar-refractivity contribution in [3.63, 3.8) is 0 Å². The molecule has 0 radical (unpaired) electrons. The van der Waals surface area contributed by atoms with Crippen LogP contribution in [0.25, 0.3) is 0 Å². The van der Waals surface area contributed by atoms with Crippen molar-refractivity contribution in [1.29, 1.82) is 0 Å². The van der Waals surface area contributed by atoms with Crippen molar-refractivity contribution >= 4 is 21.6 Å². The van der Waals surface area contributed by atoms with Gasteiger partial charge in [-0.05, 0) is 0 Å². The van der Waals surface area contributed by atoms with E-state index in [2.05, 4.69) is 24.1 Å². The fourth-order valence-corrected chi connectivity index (χ4v) is 4.73. The first-order chi connectivity index (χ1) is 7.41. The van der Waals surface area contributed by atoms with E-state index < -0.39 is 9.84 Å². The van der Waals surface area contributed by atoms with Gasteiger partial charge in [-0.25, -0.2) is 8.42 Å². The smallest absolute Gasteiger partial charge is 0.164 e. The summed E-state index contributed by atoms with van der Waals surface area (Å²) in [6.07, 6.45) is 1.34. The largest absolute Gasteiger partial charge is 0.313 e. The first-order valence-electron chi connectivity index (χ1n) is 5.65. The second kappa shape index (κ2) is 6.23. The van der Waals surface area contributed by atoms with Gasteiger partial charge in [-0.3, -0.25) is 4.90 Å². The van der Waals surface area contributed by atoms with Crippen LogP contribution in [0.3, 0.4) is 0 Å². The van der Waals surface area contributed by atoms with Gasteiger partial charge in [-0.15, -0.1) is 0 Å². The van der Waals surface area contributed by atoms with Gasteiger partial charge >= 0.3 is 0 Å². The van der Waals surface area contributed by atoms with Crippen LogP contribution in [0.2, 0.25) is 0 Å². The predicted octanol–water partition coefficient (Wildman–Crippen LogP) is 0.404. The van der Waals surface area contributed by atoms with Crippen LogP contribution in [0.4, 0.5) is 0 Å². The molecule has 4 nitrogen and oxygen atoms in total. The number of rotatable bonds is 5. The fraction of sp³-hybridized carbons (Fsp3) is 1.00. The lowest BCUT2D eigenvalue weighted by atomic mass is 10.4. The van der Waals surface area contributed by atoms with E-state index >= 15 is 0 Å². The number of nitrogens with one attached hydrogen (secondary N) is 1. The van der Waals surface area contributed by atoms with Crippen LogP contribution in [0.1, 0.15) is 13.8 Å². The van der Waals surface area contributed by atoms with E-state index in [1.54, 1.807) is 11.8 Å². The maximum atomic E-state index is 11.6. The van der Waals surface area contributed by atoms with Gasteiger partial charge in [0.2, 0.25) is 0 Å². The van der Waals surface area contributed by atoms with Crippen LogP contribution in [-0.2, 0) is 9.84 Å². The molecular weight excluding hydrogens is 244 g/mol. The van der Waals surface area contributed by atoms with Gasteiger partial charge in [0.1, 0.15) is 5.37 Å². The van der Waals surface area contributed by atoms with Crippen molar-refractivity contribution < 1.29 is 8.42 Å². The summed E-state index contributed by atoms with van der Waals surface area (Å²) in [5.74, 6) is 1.74. The zero-order valence-electron chi connectivity index (χ0n) is 10.3. The summed E-state index contributed by atoms with van der Waals surface area (Å²) in [6, 6.07) is 0.454. The third kappa shape index (κ3) is 4.61.